The van der Waals surface area contributed by atoms with Crippen LogP contribution in [0.2, 0.25) is 0 Å². The minimum atomic E-state index is -4.98. The Morgan fingerprint density at radius 2 is 1.43 bits per heavy atom. The van der Waals surface area contributed by atoms with Crippen molar-refractivity contribution >= 4 is 16.7 Å². The summed E-state index contributed by atoms with van der Waals surface area (Å²) >= 11 is 0. The maximum Gasteiger partial charge on any atom is 0.416 e. The quantitative estimate of drug-likeness (QED) is 0.269. The van der Waals surface area contributed by atoms with Gasteiger partial charge >= 0.3 is 12.4 Å². The van der Waals surface area contributed by atoms with Gasteiger partial charge in [-0.05, 0) is 48.4 Å². The summed E-state index contributed by atoms with van der Waals surface area (Å²) in [5, 5.41) is 1.73. The first-order chi connectivity index (χ1) is 17.3. The van der Waals surface area contributed by atoms with Gasteiger partial charge in [-0.25, -0.2) is 9.97 Å². The molecule has 10 heteroatoms. The van der Waals surface area contributed by atoms with E-state index in [2.05, 4.69) is 9.97 Å². The average Bonchev–Trinajstić information content (AvgIpc) is 2.81. The summed E-state index contributed by atoms with van der Waals surface area (Å²) in [7, 11) is 1.31. The first kappa shape index (κ1) is 26.1. The Bertz CT molecular complexity index is 1460. The third kappa shape index (κ3) is 5.42. The SMILES string of the molecule is Cc1nc(C)c(C(=O)N(C)Cc2cc(C(F)(F)F)cc(C(F)(F)F)c2)c(-c2cccc3ccccc23)n1. The van der Waals surface area contributed by atoms with Crippen molar-refractivity contribution in [1.82, 2.24) is 14.9 Å². The van der Waals surface area contributed by atoms with E-state index in [1.165, 1.54) is 7.05 Å². The number of benzene rings is 3. The first-order valence-electron chi connectivity index (χ1n) is 11.1. The van der Waals surface area contributed by atoms with Crippen LogP contribution in [0, 0.1) is 13.8 Å². The maximum absolute atomic E-state index is 13.6. The van der Waals surface area contributed by atoms with Crippen LogP contribution < -0.4 is 0 Å². The van der Waals surface area contributed by atoms with Gasteiger partial charge in [-0.3, -0.25) is 4.79 Å². The third-order valence-corrected chi connectivity index (χ3v) is 5.87. The topological polar surface area (TPSA) is 46.1 Å². The molecule has 0 radical (unpaired) electrons. The second-order valence-electron chi connectivity index (χ2n) is 8.68. The Hall–Kier alpha value is -3.95. The molecule has 1 amide bonds. The fourth-order valence-electron chi connectivity index (χ4n) is 4.24. The zero-order valence-corrected chi connectivity index (χ0v) is 20.0. The van der Waals surface area contributed by atoms with Crippen LogP contribution in [0.4, 0.5) is 26.3 Å². The van der Waals surface area contributed by atoms with E-state index in [0.29, 0.717) is 34.9 Å². The molecule has 1 aromatic heterocycles. The van der Waals surface area contributed by atoms with E-state index in [0.717, 1.165) is 15.7 Å². The number of hydrogen-bond donors (Lipinski definition) is 0. The Balaban J connectivity index is 1.78. The Labute approximate surface area is 208 Å². The summed E-state index contributed by atoms with van der Waals surface area (Å²) < 4.78 is 79.7. The summed E-state index contributed by atoms with van der Waals surface area (Å²) in [6.45, 7) is 2.78. The number of halogens is 6. The zero-order chi connectivity index (χ0) is 27.1. The van der Waals surface area contributed by atoms with Crippen molar-refractivity contribution in [2.75, 3.05) is 7.05 Å². The van der Waals surface area contributed by atoms with Gasteiger partial charge in [0.05, 0.1) is 28.1 Å². The van der Waals surface area contributed by atoms with Crippen LogP contribution in [-0.4, -0.2) is 27.8 Å². The van der Waals surface area contributed by atoms with Crippen molar-refractivity contribution in [2.24, 2.45) is 0 Å². The molecule has 0 saturated heterocycles. The molecule has 0 bridgehead atoms. The zero-order valence-electron chi connectivity index (χ0n) is 20.0. The van der Waals surface area contributed by atoms with Gasteiger partial charge in [0.15, 0.2) is 0 Å². The van der Waals surface area contributed by atoms with Crippen LogP contribution in [0.1, 0.15) is 38.6 Å². The number of rotatable bonds is 4. The van der Waals surface area contributed by atoms with Gasteiger partial charge in [0.2, 0.25) is 0 Å². The second kappa shape index (κ2) is 9.49. The Morgan fingerprint density at radius 1 is 0.838 bits per heavy atom. The van der Waals surface area contributed by atoms with Crippen molar-refractivity contribution in [1.29, 1.82) is 0 Å². The fraction of sp³-hybridized carbons (Fsp3) is 0.222. The highest BCUT2D eigenvalue weighted by atomic mass is 19.4. The number of carbonyl (C=O) groups excluding carboxylic acids is 1. The number of hydrogen-bond acceptors (Lipinski definition) is 3. The van der Waals surface area contributed by atoms with Crippen molar-refractivity contribution in [3.63, 3.8) is 0 Å². The molecule has 37 heavy (non-hydrogen) atoms. The normalized spacial score (nSPS) is 12.1. The predicted molar refractivity (Wildman–Crippen MR) is 127 cm³/mol. The smallest absolute Gasteiger partial charge is 0.337 e. The number of nitrogens with zero attached hydrogens (tertiary/aromatic N) is 3. The van der Waals surface area contributed by atoms with Gasteiger partial charge in [-0.15, -0.1) is 0 Å². The van der Waals surface area contributed by atoms with Gasteiger partial charge < -0.3 is 4.90 Å². The average molecular weight is 517 g/mol. The lowest BCUT2D eigenvalue weighted by Gasteiger charge is -2.22. The van der Waals surface area contributed by atoms with Crippen LogP contribution in [-0.2, 0) is 18.9 Å². The van der Waals surface area contributed by atoms with E-state index in [1.807, 2.05) is 36.4 Å². The molecular formula is C27H21F6N3O. The molecule has 3 aromatic carbocycles. The molecule has 4 aromatic rings. The second-order valence-corrected chi connectivity index (χ2v) is 8.68. The maximum atomic E-state index is 13.6. The molecule has 0 fully saturated rings. The van der Waals surface area contributed by atoms with Crippen molar-refractivity contribution in [3.8, 4) is 11.3 Å². The highest BCUT2D eigenvalue weighted by molar-refractivity contribution is 6.05. The van der Waals surface area contributed by atoms with Gasteiger partial charge in [-0.2, -0.15) is 26.3 Å². The summed E-state index contributed by atoms with van der Waals surface area (Å²) in [6.07, 6.45) is -9.97. The van der Waals surface area contributed by atoms with Crippen LogP contribution >= 0.6 is 0 Å². The van der Waals surface area contributed by atoms with E-state index in [1.54, 1.807) is 19.9 Å². The lowest BCUT2D eigenvalue weighted by molar-refractivity contribution is -0.143. The minimum absolute atomic E-state index is 0.0574. The first-order valence-corrected chi connectivity index (χ1v) is 11.1. The molecule has 0 atom stereocenters. The van der Waals surface area contributed by atoms with E-state index >= 15 is 0 Å². The Kier molecular flexibility index (Phi) is 6.70. The summed E-state index contributed by atoms with van der Waals surface area (Å²) in [4.78, 5) is 23.4. The molecular weight excluding hydrogens is 496 g/mol. The van der Waals surface area contributed by atoms with Gasteiger partial charge in [0.1, 0.15) is 5.82 Å². The number of fused-ring (bicyclic) bond motifs is 1. The summed E-state index contributed by atoms with van der Waals surface area (Å²) in [5.41, 5.74) is -1.75. The van der Waals surface area contributed by atoms with E-state index < -0.39 is 35.9 Å². The van der Waals surface area contributed by atoms with Crippen LogP contribution in [0.3, 0.4) is 0 Å². The fourth-order valence-corrected chi connectivity index (χ4v) is 4.24. The highest BCUT2D eigenvalue weighted by Crippen LogP contribution is 2.37. The number of aromatic nitrogens is 2. The molecule has 0 aliphatic heterocycles. The lowest BCUT2D eigenvalue weighted by Crippen LogP contribution is -2.28. The monoisotopic (exact) mass is 517 g/mol. The molecule has 4 rings (SSSR count). The van der Waals surface area contributed by atoms with Crippen LogP contribution in [0.15, 0.2) is 60.7 Å². The van der Waals surface area contributed by atoms with E-state index in [-0.39, 0.29) is 17.2 Å². The third-order valence-electron chi connectivity index (χ3n) is 5.87. The largest absolute Gasteiger partial charge is 0.416 e. The molecule has 0 aliphatic rings. The van der Waals surface area contributed by atoms with Gasteiger partial charge in [0.25, 0.3) is 5.91 Å². The molecule has 1 heterocycles. The number of alkyl halides is 6. The number of amides is 1. The Morgan fingerprint density at radius 3 is 2.05 bits per heavy atom. The van der Waals surface area contributed by atoms with Crippen LogP contribution in [0.5, 0.6) is 0 Å². The highest BCUT2D eigenvalue weighted by Gasteiger charge is 2.37. The minimum Gasteiger partial charge on any atom is -0.337 e. The standard InChI is InChI=1S/C27H21F6N3O/c1-15-23(24(35-16(2)34-15)22-10-6-8-18-7-4-5-9-21(18)22)25(37)36(3)14-17-11-19(26(28,29)30)13-20(12-17)27(31,32)33/h4-13H,14H2,1-3H3. The molecule has 4 nitrogen and oxygen atoms in total. The summed E-state index contributed by atoms with van der Waals surface area (Å²) in [5.74, 6) is -0.223. The van der Waals surface area contributed by atoms with Gasteiger partial charge in [-0.1, -0.05) is 42.5 Å². The molecule has 0 spiro atoms. The molecule has 0 N–H and O–H groups in total. The predicted octanol–water partition coefficient (Wildman–Crippen LogP) is 7.22. The van der Waals surface area contributed by atoms with E-state index in [9.17, 15) is 31.1 Å². The van der Waals surface area contributed by atoms with E-state index in [4.69, 9.17) is 0 Å². The van der Waals surface area contributed by atoms with Gasteiger partial charge in [0, 0.05) is 19.2 Å². The summed E-state index contributed by atoms with van der Waals surface area (Å²) in [6, 6.07) is 14.3. The van der Waals surface area contributed by atoms with Crippen LogP contribution in [0.25, 0.3) is 22.0 Å². The number of aryl methyl sites for hydroxylation is 2. The van der Waals surface area contributed by atoms with Crippen molar-refractivity contribution < 1.29 is 31.1 Å². The molecule has 0 aliphatic carbocycles. The molecule has 0 saturated carbocycles. The van der Waals surface area contributed by atoms with Crippen molar-refractivity contribution in [3.05, 3.63) is 94.4 Å². The molecule has 192 valence electrons. The number of carbonyl (C=O) groups is 1. The van der Waals surface area contributed by atoms with Crippen molar-refractivity contribution in [2.45, 2.75) is 32.7 Å². The lowest BCUT2D eigenvalue weighted by atomic mass is 9.97. The molecule has 0 unspecified atom stereocenters.